The molecule has 8 nitrogen and oxygen atoms in total. The minimum atomic E-state index is -0.437. The van der Waals surface area contributed by atoms with Gasteiger partial charge < -0.3 is 14.2 Å². The number of benzene rings is 2. The second-order valence-electron chi connectivity index (χ2n) is 7.08. The molecule has 2 aromatic carbocycles. The summed E-state index contributed by atoms with van der Waals surface area (Å²) in [6, 6.07) is 11.6. The predicted molar refractivity (Wildman–Crippen MR) is 129 cm³/mol. The van der Waals surface area contributed by atoms with Crippen LogP contribution in [-0.2, 0) is 4.74 Å². The van der Waals surface area contributed by atoms with E-state index in [-0.39, 0.29) is 5.11 Å². The summed E-state index contributed by atoms with van der Waals surface area (Å²) in [6.45, 7) is 5.56. The van der Waals surface area contributed by atoms with Gasteiger partial charge >= 0.3 is 0 Å². The van der Waals surface area contributed by atoms with Crippen LogP contribution in [0.15, 0.2) is 46.9 Å². The monoisotopic (exact) mass is 523 g/mol. The number of nitrogens with one attached hydrogen (secondary N) is 3. The molecule has 2 amide bonds. The Balaban J connectivity index is 1.82. The van der Waals surface area contributed by atoms with Gasteiger partial charge in [-0.25, -0.2) is 0 Å². The third-order valence-corrected chi connectivity index (χ3v) is 4.78. The number of hydrogen-bond acceptors (Lipinski definition) is 6. The van der Waals surface area contributed by atoms with Crippen molar-refractivity contribution in [1.82, 2.24) is 16.2 Å². The Morgan fingerprint density at radius 1 is 0.969 bits per heavy atom. The Bertz CT molecular complexity index is 938. The van der Waals surface area contributed by atoms with Crippen molar-refractivity contribution in [2.75, 3.05) is 26.9 Å². The van der Waals surface area contributed by atoms with Gasteiger partial charge in [0.15, 0.2) is 5.11 Å². The van der Waals surface area contributed by atoms with Crippen molar-refractivity contribution in [3.05, 3.63) is 58.1 Å². The Morgan fingerprint density at radius 3 is 2.28 bits per heavy atom. The van der Waals surface area contributed by atoms with E-state index in [1.807, 2.05) is 0 Å². The van der Waals surface area contributed by atoms with Crippen molar-refractivity contribution < 1.29 is 23.8 Å². The average Bonchev–Trinajstić information content (AvgIpc) is 2.77. The molecule has 0 radical (unpaired) electrons. The van der Waals surface area contributed by atoms with Crippen LogP contribution in [0.5, 0.6) is 11.5 Å². The molecule has 0 aliphatic heterocycles. The number of carbonyl (C=O) groups is 2. The van der Waals surface area contributed by atoms with E-state index >= 15 is 0 Å². The highest BCUT2D eigenvalue weighted by Crippen LogP contribution is 2.26. The summed E-state index contributed by atoms with van der Waals surface area (Å²) >= 11 is 8.45. The summed E-state index contributed by atoms with van der Waals surface area (Å²) < 4.78 is 16.7. The van der Waals surface area contributed by atoms with Gasteiger partial charge in [-0.15, -0.1) is 0 Å². The molecule has 0 aliphatic rings. The maximum atomic E-state index is 12.4. The standard InChI is InChI=1S/C22H26BrN3O5S/c1-14(2)13-31-17-7-4-15(5-8-17)21(28)25-26-22(32)24-20(27)16-6-9-19(18(23)12-16)30-11-10-29-3/h4-9,12,14H,10-11,13H2,1-3H3,(H,25,28)(H2,24,26,27,32). The molecule has 10 heteroatoms. The lowest BCUT2D eigenvalue weighted by molar-refractivity contribution is 0.0934. The van der Waals surface area contributed by atoms with Crippen LogP contribution in [0.3, 0.4) is 0 Å². The Labute approximate surface area is 201 Å². The van der Waals surface area contributed by atoms with E-state index in [9.17, 15) is 9.59 Å². The first kappa shape index (κ1) is 25.6. The molecule has 32 heavy (non-hydrogen) atoms. The number of carbonyl (C=O) groups excluding carboxylic acids is 2. The molecular formula is C22H26BrN3O5S. The van der Waals surface area contributed by atoms with Crippen LogP contribution in [0, 0.1) is 5.92 Å². The van der Waals surface area contributed by atoms with Gasteiger partial charge in [-0.3, -0.25) is 25.8 Å². The summed E-state index contributed by atoms with van der Waals surface area (Å²) in [6.07, 6.45) is 0. The first-order valence-corrected chi connectivity index (χ1v) is 11.1. The molecule has 0 aromatic heterocycles. The number of thiocarbonyl (C=S) groups is 1. The van der Waals surface area contributed by atoms with Crippen LogP contribution >= 0.6 is 28.1 Å². The van der Waals surface area contributed by atoms with E-state index in [0.29, 0.717) is 52.8 Å². The third-order valence-electron chi connectivity index (χ3n) is 3.96. The van der Waals surface area contributed by atoms with E-state index < -0.39 is 11.8 Å². The maximum absolute atomic E-state index is 12.4. The number of rotatable bonds is 9. The first-order chi connectivity index (χ1) is 15.3. The summed E-state index contributed by atoms with van der Waals surface area (Å²) in [5.74, 6) is 0.844. The van der Waals surface area contributed by atoms with Gasteiger partial charge in [-0.2, -0.15) is 0 Å². The van der Waals surface area contributed by atoms with Gasteiger partial charge in [0.25, 0.3) is 11.8 Å². The van der Waals surface area contributed by atoms with Crippen molar-refractivity contribution in [2.24, 2.45) is 5.92 Å². The van der Waals surface area contributed by atoms with Crippen LogP contribution in [0.25, 0.3) is 0 Å². The fourth-order valence-corrected chi connectivity index (χ4v) is 2.99. The predicted octanol–water partition coefficient (Wildman–Crippen LogP) is 3.46. The summed E-state index contributed by atoms with van der Waals surface area (Å²) in [5.41, 5.74) is 5.74. The molecule has 2 aromatic rings. The number of methoxy groups -OCH3 is 1. The molecule has 0 heterocycles. The minimum Gasteiger partial charge on any atom is -0.493 e. The fraction of sp³-hybridized carbons (Fsp3) is 0.318. The molecule has 0 saturated heterocycles. The van der Waals surface area contributed by atoms with Crippen LogP contribution in [0.1, 0.15) is 34.6 Å². The van der Waals surface area contributed by atoms with Crippen molar-refractivity contribution in [3.8, 4) is 11.5 Å². The Kier molecular flexibility index (Phi) is 10.4. The number of hydrogen-bond donors (Lipinski definition) is 3. The van der Waals surface area contributed by atoms with Gasteiger partial charge in [0.2, 0.25) is 0 Å². The molecule has 0 bridgehead atoms. The van der Waals surface area contributed by atoms with Crippen LogP contribution in [-0.4, -0.2) is 43.9 Å². The average molecular weight is 524 g/mol. The molecule has 0 saturated carbocycles. The second-order valence-corrected chi connectivity index (χ2v) is 8.34. The quantitative estimate of drug-likeness (QED) is 0.263. The molecule has 0 aliphatic carbocycles. The molecule has 0 spiro atoms. The lowest BCUT2D eigenvalue weighted by atomic mass is 10.2. The molecule has 0 atom stereocenters. The second kappa shape index (κ2) is 13.0. The van der Waals surface area contributed by atoms with Crippen molar-refractivity contribution in [2.45, 2.75) is 13.8 Å². The zero-order chi connectivity index (χ0) is 23.5. The largest absolute Gasteiger partial charge is 0.493 e. The molecule has 172 valence electrons. The maximum Gasteiger partial charge on any atom is 0.269 e. The topological polar surface area (TPSA) is 97.9 Å². The summed E-state index contributed by atoms with van der Waals surface area (Å²) in [7, 11) is 1.59. The number of ether oxygens (including phenoxy) is 3. The van der Waals surface area contributed by atoms with E-state index in [1.165, 1.54) is 0 Å². The van der Waals surface area contributed by atoms with Crippen LogP contribution in [0.4, 0.5) is 0 Å². The first-order valence-electron chi connectivity index (χ1n) is 9.86. The molecular weight excluding hydrogens is 498 g/mol. The van der Waals surface area contributed by atoms with Gasteiger partial charge in [0, 0.05) is 18.2 Å². The zero-order valence-corrected chi connectivity index (χ0v) is 20.5. The highest BCUT2D eigenvalue weighted by molar-refractivity contribution is 9.10. The van der Waals surface area contributed by atoms with E-state index in [4.69, 9.17) is 26.4 Å². The van der Waals surface area contributed by atoms with E-state index in [0.717, 1.165) is 0 Å². The number of hydrazine groups is 1. The van der Waals surface area contributed by atoms with Crippen LogP contribution < -0.4 is 25.6 Å². The van der Waals surface area contributed by atoms with E-state index in [2.05, 4.69) is 45.9 Å². The lowest BCUT2D eigenvalue weighted by Crippen LogP contribution is -2.48. The van der Waals surface area contributed by atoms with Gasteiger partial charge in [0.1, 0.15) is 18.1 Å². The number of halogens is 1. The van der Waals surface area contributed by atoms with Crippen LogP contribution in [0.2, 0.25) is 0 Å². The Morgan fingerprint density at radius 2 is 1.66 bits per heavy atom. The van der Waals surface area contributed by atoms with Crippen molar-refractivity contribution in [3.63, 3.8) is 0 Å². The van der Waals surface area contributed by atoms with Gasteiger partial charge in [-0.05, 0) is 76.5 Å². The summed E-state index contributed by atoms with van der Waals surface area (Å²) in [5, 5.41) is 2.46. The van der Waals surface area contributed by atoms with Crippen molar-refractivity contribution in [1.29, 1.82) is 0 Å². The lowest BCUT2D eigenvalue weighted by Gasteiger charge is -2.12. The zero-order valence-electron chi connectivity index (χ0n) is 18.1. The fourth-order valence-electron chi connectivity index (χ4n) is 2.35. The third kappa shape index (κ3) is 8.45. The molecule has 3 N–H and O–H groups in total. The smallest absolute Gasteiger partial charge is 0.269 e. The van der Waals surface area contributed by atoms with Gasteiger partial charge in [0.05, 0.1) is 17.7 Å². The van der Waals surface area contributed by atoms with Gasteiger partial charge in [-0.1, -0.05) is 13.8 Å². The normalized spacial score (nSPS) is 10.4. The summed E-state index contributed by atoms with van der Waals surface area (Å²) in [4.78, 5) is 24.7. The Hall–Kier alpha value is -2.69. The van der Waals surface area contributed by atoms with E-state index in [1.54, 1.807) is 49.6 Å². The van der Waals surface area contributed by atoms with Crippen molar-refractivity contribution >= 4 is 45.1 Å². The molecule has 0 unspecified atom stereocenters. The molecule has 0 fully saturated rings. The number of amides is 2. The highest BCUT2D eigenvalue weighted by Gasteiger charge is 2.12. The SMILES string of the molecule is COCCOc1ccc(C(=O)NC(=S)NNC(=O)c2ccc(OCC(C)C)cc2)cc1Br. The minimum absolute atomic E-state index is 0.0446. The molecule has 2 rings (SSSR count). The highest BCUT2D eigenvalue weighted by atomic mass is 79.9.